The number of hydrazone groups is 1. The van der Waals surface area contributed by atoms with Crippen LogP contribution in [0.2, 0.25) is 0 Å². The number of carbonyl (C=O) groups excluding carboxylic acids is 2. The summed E-state index contributed by atoms with van der Waals surface area (Å²) in [5, 5.41) is 6.38. The van der Waals surface area contributed by atoms with Gasteiger partial charge in [-0.25, -0.2) is 5.43 Å². The average Bonchev–Trinajstić information content (AvgIpc) is 2.57. The summed E-state index contributed by atoms with van der Waals surface area (Å²) in [6, 6.07) is 4.90. The summed E-state index contributed by atoms with van der Waals surface area (Å²) in [6.45, 7) is 3.87. The molecule has 0 fully saturated rings. The lowest BCUT2D eigenvalue weighted by molar-refractivity contribution is -0.136. The van der Waals surface area contributed by atoms with E-state index in [9.17, 15) is 9.59 Å². The van der Waals surface area contributed by atoms with Crippen molar-refractivity contribution in [3.63, 3.8) is 0 Å². The summed E-state index contributed by atoms with van der Waals surface area (Å²) in [5.74, 6) is -0.709. The number of amides is 2. The van der Waals surface area contributed by atoms with Gasteiger partial charge in [-0.3, -0.25) is 9.59 Å². The van der Waals surface area contributed by atoms with Gasteiger partial charge in [0.05, 0.1) is 19.9 Å². The summed E-state index contributed by atoms with van der Waals surface area (Å²) < 4.78 is 10.2. The zero-order valence-corrected chi connectivity index (χ0v) is 13.9. The van der Waals surface area contributed by atoms with Crippen molar-refractivity contribution < 1.29 is 19.1 Å². The van der Waals surface area contributed by atoms with Gasteiger partial charge in [-0.2, -0.15) is 5.10 Å². The summed E-state index contributed by atoms with van der Waals surface area (Å²) in [4.78, 5) is 23.7. The fourth-order valence-corrected chi connectivity index (χ4v) is 1.78. The highest BCUT2D eigenvalue weighted by atomic mass is 16.5. The third-order valence-electron chi connectivity index (χ3n) is 3.10. The first-order chi connectivity index (χ1) is 11.0. The number of hydrogen-bond acceptors (Lipinski definition) is 5. The molecule has 0 aliphatic heterocycles. The molecule has 0 aromatic heterocycles. The molecule has 0 bridgehead atoms. The van der Waals surface area contributed by atoms with E-state index in [1.807, 2.05) is 0 Å². The van der Waals surface area contributed by atoms with Gasteiger partial charge < -0.3 is 14.8 Å². The minimum Gasteiger partial charge on any atom is -0.497 e. The monoisotopic (exact) mass is 321 g/mol. The van der Waals surface area contributed by atoms with E-state index < -0.39 is 11.8 Å². The Morgan fingerprint density at radius 2 is 1.91 bits per heavy atom. The van der Waals surface area contributed by atoms with E-state index >= 15 is 0 Å². The maximum atomic E-state index is 11.9. The van der Waals surface area contributed by atoms with Crippen LogP contribution >= 0.6 is 0 Å². The van der Waals surface area contributed by atoms with Crippen LogP contribution in [0.15, 0.2) is 23.3 Å². The van der Waals surface area contributed by atoms with Crippen LogP contribution in [0.5, 0.6) is 11.5 Å². The van der Waals surface area contributed by atoms with Gasteiger partial charge in [0, 0.05) is 11.8 Å². The van der Waals surface area contributed by atoms with Crippen LogP contribution < -0.4 is 20.2 Å². The molecule has 1 aromatic rings. The number of nitrogens with zero attached hydrogens (tertiary/aromatic N) is 1. The lowest BCUT2D eigenvalue weighted by atomic mass is 10.2. The number of carbonyl (C=O) groups is 2. The second-order valence-electron chi connectivity index (χ2n) is 4.91. The van der Waals surface area contributed by atoms with Crippen LogP contribution in [0, 0.1) is 0 Å². The minimum absolute atomic E-state index is 0.346. The fourth-order valence-electron chi connectivity index (χ4n) is 1.78. The number of rotatable bonds is 7. The molecule has 0 atom stereocenters. The normalized spacial score (nSPS) is 10.9. The van der Waals surface area contributed by atoms with E-state index in [1.165, 1.54) is 14.2 Å². The molecule has 2 amide bonds. The second-order valence-corrected chi connectivity index (χ2v) is 4.91. The van der Waals surface area contributed by atoms with Gasteiger partial charge in [-0.1, -0.05) is 13.3 Å². The van der Waals surface area contributed by atoms with Crippen molar-refractivity contribution in [1.82, 2.24) is 5.43 Å². The van der Waals surface area contributed by atoms with Gasteiger partial charge in [0.2, 0.25) is 0 Å². The first-order valence-corrected chi connectivity index (χ1v) is 7.38. The highest BCUT2D eigenvalue weighted by Crippen LogP contribution is 2.28. The average molecular weight is 321 g/mol. The molecule has 7 nitrogen and oxygen atoms in total. The molecular formula is C16H23N3O4. The molecule has 1 rings (SSSR count). The van der Waals surface area contributed by atoms with E-state index in [-0.39, 0.29) is 0 Å². The van der Waals surface area contributed by atoms with E-state index in [1.54, 1.807) is 25.1 Å². The third-order valence-corrected chi connectivity index (χ3v) is 3.10. The lowest BCUT2D eigenvalue weighted by Gasteiger charge is -2.11. The Morgan fingerprint density at radius 1 is 1.17 bits per heavy atom. The molecule has 0 spiro atoms. The molecule has 1 aromatic carbocycles. The topological polar surface area (TPSA) is 89.0 Å². The van der Waals surface area contributed by atoms with E-state index in [0.717, 1.165) is 25.0 Å². The standard InChI is InChI=1S/C16H23N3O4/c1-5-6-7-11(2)18-19-16(21)15(20)17-13-10-12(22-3)8-9-14(13)23-4/h8-10H,5-7H2,1-4H3,(H,17,20)(H,19,21)/b18-11+. The SMILES string of the molecule is CCCC/C(C)=N/NC(=O)C(=O)Nc1cc(OC)ccc1OC. The predicted octanol–water partition coefficient (Wildman–Crippen LogP) is 2.32. The first-order valence-electron chi connectivity index (χ1n) is 7.38. The number of hydrogen-bond donors (Lipinski definition) is 2. The van der Waals surface area contributed by atoms with E-state index in [4.69, 9.17) is 9.47 Å². The van der Waals surface area contributed by atoms with Crippen molar-refractivity contribution in [3.8, 4) is 11.5 Å². The number of nitrogens with one attached hydrogen (secondary N) is 2. The Hall–Kier alpha value is -2.57. The highest BCUT2D eigenvalue weighted by molar-refractivity contribution is 6.39. The zero-order chi connectivity index (χ0) is 17.2. The fraction of sp³-hybridized carbons (Fsp3) is 0.438. The molecule has 0 saturated carbocycles. The lowest BCUT2D eigenvalue weighted by Crippen LogP contribution is -2.33. The van der Waals surface area contributed by atoms with Gasteiger partial charge in [0.1, 0.15) is 11.5 Å². The maximum absolute atomic E-state index is 11.9. The van der Waals surface area contributed by atoms with Crippen molar-refractivity contribution in [2.24, 2.45) is 5.10 Å². The Labute approximate surface area is 136 Å². The summed E-state index contributed by atoms with van der Waals surface area (Å²) in [6.07, 6.45) is 2.80. The Bertz CT molecular complexity index is 585. The number of unbranched alkanes of at least 4 members (excludes halogenated alkanes) is 1. The van der Waals surface area contributed by atoms with E-state index in [2.05, 4.69) is 22.8 Å². The molecule has 0 saturated heterocycles. The maximum Gasteiger partial charge on any atom is 0.329 e. The number of methoxy groups -OCH3 is 2. The van der Waals surface area contributed by atoms with Crippen LogP contribution in [-0.2, 0) is 9.59 Å². The minimum atomic E-state index is -0.842. The molecule has 126 valence electrons. The van der Waals surface area contributed by atoms with Crippen molar-refractivity contribution >= 4 is 23.2 Å². The predicted molar refractivity (Wildman–Crippen MR) is 89.0 cm³/mol. The Morgan fingerprint density at radius 3 is 2.52 bits per heavy atom. The second kappa shape index (κ2) is 9.45. The van der Waals surface area contributed by atoms with Gasteiger partial charge in [-0.05, 0) is 31.9 Å². The van der Waals surface area contributed by atoms with Crippen LogP contribution in [0.25, 0.3) is 0 Å². The summed E-state index contributed by atoms with van der Waals surface area (Å²) in [5.41, 5.74) is 3.36. The first kappa shape index (κ1) is 18.5. The molecule has 2 N–H and O–H groups in total. The number of ether oxygens (including phenoxy) is 2. The van der Waals surface area contributed by atoms with Gasteiger partial charge in [-0.15, -0.1) is 0 Å². The molecule has 23 heavy (non-hydrogen) atoms. The molecule has 7 heteroatoms. The van der Waals surface area contributed by atoms with Gasteiger partial charge in [0.15, 0.2) is 0 Å². The van der Waals surface area contributed by atoms with Crippen molar-refractivity contribution in [2.75, 3.05) is 19.5 Å². The van der Waals surface area contributed by atoms with Gasteiger partial charge in [0.25, 0.3) is 0 Å². The molecule has 0 unspecified atom stereocenters. The molecule has 0 aliphatic rings. The Balaban J connectivity index is 2.70. The molecule has 0 aliphatic carbocycles. The highest BCUT2D eigenvalue weighted by Gasteiger charge is 2.16. The van der Waals surface area contributed by atoms with Crippen molar-refractivity contribution in [2.45, 2.75) is 33.1 Å². The van der Waals surface area contributed by atoms with Crippen LogP contribution in [0.4, 0.5) is 5.69 Å². The van der Waals surface area contributed by atoms with Gasteiger partial charge >= 0.3 is 11.8 Å². The van der Waals surface area contributed by atoms with Crippen LogP contribution in [0.1, 0.15) is 33.1 Å². The zero-order valence-electron chi connectivity index (χ0n) is 13.9. The van der Waals surface area contributed by atoms with Crippen LogP contribution in [0.3, 0.4) is 0 Å². The summed E-state index contributed by atoms with van der Waals surface area (Å²) >= 11 is 0. The Kier molecular flexibility index (Phi) is 7.59. The smallest absolute Gasteiger partial charge is 0.329 e. The number of anilines is 1. The molecule has 0 radical (unpaired) electrons. The van der Waals surface area contributed by atoms with E-state index in [0.29, 0.717) is 17.2 Å². The summed E-state index contributed by atoms with van der Waals surface area (Å²) in [7, 11) is 2.98. The molecule has 0 heterocycles. The molecular weight excluding hydrogens is 298 g/mol. The third kappa shape index (κ3) is 5.98. The largest absolute Gasteiger partial charge is 0.497 e. The van der Waals surface area contributed by atoms with Crippen LogP contribution in [-0.4, -0.2) is 31.7 Å². The van der Waals surface area contributed by atoms with Crippen molar-refractivity contribution in [1.29, 1.82) is 0 Å². The quantitative estimate of drug-likeness (QED) is 0.458. The van der Waals surface area contributed by atoms with Crippen molar-refractivity contribution in [3.05, 3.63) is 18.2 Å². The number of benzene rings is 1.